The standard InChI is InChI=1S/C18H28N4O4/c1-12(20)17(24)22(14-8-4-3-5-9-14)13(2)16(23)21-15(18(25)26)10-6-7-11-19/h3-5,8-9,12-13,15H,6-7,10-11,19-20H2,1-2H3,(H,21,23)(H,25,26). The predicted molar refractivity (Wildman–Crippen MR) is 99.5 cm³/mol. The lowest BCUT2D eigenvalue weighted by Gasteiger charge is -2.30. The first-order chi connectivity index (χ1) is 12.3. The molecule has 0 saturated heterocycles. The Morgan fingerprint density at radius 3 is 2.27 bits per heavy atom. The third-order valence-electron chi connectivity index (χ3n) is 3.99. The molecule has 0 spiro atoms. The van der Waals surface area contributed by atoms with Crippen LogP contribution in [0.3, 0.4) is 0 Å². The highest BCUT2D eigenvalue weighted by Gasteiger charge is 2.31. The van der Waals surface area contributed by atoms with Crippen LogP contribution >= 0.6 is 0 Å². The maximum absolute atomic E-state index is 12.6. The molecular formula is C18H28N4O4. The molecule has 0 fully saturated rings. The first-order valence-electron chi connectivity index (χ1n) is 8.66. The van der Waals surface area contributed by atoms with E-state index in [0.717, 1.165) is 0 Å². The van der Waals surface area contributed by atoms with Gasteiger partial charge in [0, 0.05) is 5.69 Å². The number of carboxylic acids is 1. The molecule has 144 valence electrons. The minimum Gasteiger partial charge on any atom is -0.480 e. The van der Waals surface area contributed by atoms with Gasteiger partial charge in [-0.2, -0.15) is 0 Å². The van der Waals surface area contributed by atoms with Crippen molar-refractivity contribution in [1.82, 2.24) is 5.32 Å². The van der Waals surface area contributed by atoms with Crippen molar-refractivity contribution in [2.24, 2.45) is 11.5 Å². The van der Waals surface area contributed by atoms with E-state index >= 15 is 0 Å². The van der Waals surface area contributed by atoms with Crippen LogP contribution in [0, 0.1) is 0 Å². The van der Waals surface area contributed by atoms with Crippen LogP contribution in [0.1, 0.15) is 33.1 Å². The van der Waals surface area contributed by atoms with Gasteiger partial charge >= 0.3 is 5.97 Å². The molecule has 1 aromatic rings. The molecule has 0 radical (unpaired) electrons. The molecule has 1 rings (SSSR count). The number of unbranched alkanes of at least 4 members (excludes halogenated alkanes) is 1. The Morgan fingerprint density at radius 2 is 1.77 bits per heavy atom. The number of benzene rings is 1. The highest BCUT2D eigenvalue weighted by atomic mass is 16.4. The maximum Gasteiger partial charge on any atom is 0.326 e. The number of rotatable bonds is 10. The summed E-state index contributed by atoms with van der Waals surface area (Å²) in [7, 11) is 0. The van der Waals surface area contributed by atoms with Gasteiger partial charge in [-0.15, -0.1) is 0 Å². The van der Waals surface area contributed by atoms with Crippen molar-refractivity contribution in [2.45, 2.75) is 51.2 Å². The molecule has 0 aliphatic heterocycles. The number of para-hydroxylation sites is 1. The second-order valence-electron chi connectivity index (χ2n) is 6.19. The number of hydrogen-bond acceptors (Lipinski definition) is 5. The Kier molecular flexibility index (Phi) is 8.74. The molecule has 0 aliphatic rings. The summed E-state index contributed by atoms with van der Waals surface area (Å²) in [5, 5.41) is 11.8. The number of carbonyl (C=O) groups is 3. The number of anilines is 1. The van der Waals surface area contributed by atoms with E-state index in [9.17, 15) is 19.5 Å². The molecule has 0 aromatic heterocycles. The molecule has 26 heavy (non-hydrogen) atoms. The average Bonchev–Trinajstić information content (AvgIpc) is 2.61. The van der Waals surface area contributed by atoms with E-state index in [4.69, 9.17) is 11.5 Å². The van der Waals surface area contributed by atoms with Crippen molar-refractivity contribution >= 4 is 23.5 Å². The zero-order chi connectivity index (χ0) is 19.7. The Hall–Kier alpha value is -2.45. The third kappa shape index (κ3) is 6.12. The van der Waals surface area contributed by atoms with Crippen LogP contribution in [0.15, 0.2) is 30.3 Å². The van der Waals surface area contributed by atoms with E-state index in [-0.39, 0.29) is 6.42 Å². The summed E-state index contributed by atoms with van der Waals surface area (Å²) < 4.78 is 0. The fourth-order valence-electron chi connectivity index (χ4n) is 2.51. The van der Waals surface area contributed by atoms with Gasteiger partial charge in [-0.1, -0.05) is 18.2 Å². The van der Waals surface area contributed by atoms with Crippen LogP contribution in [0.5, 0.6) is 0 Å². The van der Waals surface area contributed by atoms with Crippen molar-refractivity contribution in [3.05, 3.63) is 30.3 Å². The highest BCUT2D eigenvalue weighted by Crippen LogP contribution is 2.18. The number of amides is 2. The molecule has 6 N–H and O–H groups in total. The summed E-state index contributed by atoms with van der Waals surface area (Å²) in [4.78, 5) is 37.8. The first kappa shape index (κ1) is 21.6. The smallest absolute Gasteiger partial charge is 0.326 e. The van der Waals surface area contributed by atoms with Gasteiger partial charge in [0.1, 0.15) is 12.1 Å². The van der Waals surface area contributed by atoms with Crippen LogP contribution < -0.4 is 21.7 Å². The summed E-state index contributed by atoms with van der Waals surface area (Å²) in [6.45, 7) is 3.54. The van der Waals surface area contributed by atoms with E-state index < -0.39 is 35.9 Å². The molecule has 2 amide bonds. The zero-order valence-corrected chi connectivity index (χ0v) is 15.2. The number of nitrogens with one attached hydrogen (secondary N) is 1. The van der Waals surface area contributed by atoms with E-state index in [1.165, 1.54) is 11.8 Å². The summed E-state index contributed by atoms with van der Waals surface area (Å²) >= 11 is 0. The van der Waals surface area contributed by atoms with Crippen LogP contribution in [-0.4, -0.2) is 47.6 Å². The SMILES string of the molecule is CC(N)C(=O)N(c1ccccc1)C(C)C(=O)NC(CCCCN)C(=O)O. The van der Waals surface area contributed by atoms with Crippen molar-refractivity contribution in [2.75, 3.05) is 11.4 Å². The Morgan fingerprint density at radius 1 is 1.15 bits per heavy atom. The summed E-state index contributed by atoms with van der Waals surface area (Å²) in [5.41, 5.74) is 11.6. The number of carboxylic acid groups (broad SMARTS) is 1. The molecule has 3 unspecified atom stereocenters. The van der Waals surface area contributed by atoms with Crippen molar-refractivity contribution in [1.29, 1.82) is 0 Å². The molecule has 8 nitrogen and oxygen atoms in total. The fourth-order valence-corrected chi connectivity index (χ4v) is 2.51. The summed E-state index contributed by atoms with van der Waals surface area (Å²) in [6.07, 6.45) is 1.54. The van der Waals surface area contributed by atoms with Gasteiger partial charge in [-0.25, -0.2) is 4.79 Å². The fraction of sp³-hybridized carbons (Fsp3) is 0.500. The van der Waals surface area contributed by atoms with E-state index in [2.05, 4.69) is 5.32 Å². The topological polar surface area (TPSA) is 139 Å². The van der Waals surface area contributed by atoms with Crippen molar-refractivity contribution < 1.29 is 19.5 Å². The van der Waals surface area contributed by atoms with Crippen molar-refractivity contribution in [3.63, 3.8) is 0 Å². The van der Waals surface area contributed by atoms with Gasteiger partial charge in [0.05, 0.1) is 6.04 Å². The summed E-state index contributed by atoms with van der Waals surface area (Å²) in [6, 6.07) is 5.93. The Bertz CT molecular complexity index is 606. The lowest BCUT2D eigenvalue weighted by molar-refractivity contribution is -0.142. The second kappa shape index (κ2) is 10.5. The molecule has 0 bridgehead atoms. The predicted octanol–water partition coefficient (Wildman–Crippen LogP) is 0.454. The number of nitrogens with two attached hydrogens (primary N) is 2. The second-order valence-corrected chi connectivity index (χ2v) is 6.19. The molecule has 3 atom stereocenters. The van der Waals surface area contributed by atoms with Crippen molar-refractivity contribution in [3.8, 4) is 0 Å². The maximum atomic E-state index is 12.6. The van der Waals surface area contributed by atoms with Crippen LogP contribution in [0.2, 0.25) is 0 Å². The van der Waals surface area contributed by atoms with Gasteiger partial charge in [0.2, 0.25) is 11.8 Å². The Balaban J connectivity index is 2.95. The van der Waals surface area contributed by atoms with Crippen LogP contribution in [0.4, 0.5) is 5.69 Å². The molecule has 0 aliphatic carbocycles. The average molecular weight is 364 g/mol. The molecular weight excluding hydrogens is 336 g/mol. The van der Waals surface area contributed by atoms with Gasteiger partial charge in [-0.3, -0.25) is 14.5 Å². The van der Waals surface area contributed by atoms with Gasteiger partial charge in [0.25, 0.3) is 0 Å². The number of carbonyl (C=O) groups excluding carboxylic acids is 2. The minimum absolute atomic E-state index is 0.275. The molecule has 8 heteroatoms. The van der Waals surface area contributed by atoms with E-state index in [0.29, 0.717) is 25.1 Å². The number of aliphatic carboxylic acids is 1. The number of nitrogens with zero attached hydrogens (tertiary/aromatic N) is 1. The number of hydrogen-bond donors (Lipinski definition) is 4. The summed E-state index contributed by atoms with van der Waals surface area (Å²) in [5.74, 6) is -2.09. The lowest BCUT2D eigenvalue weighted by Crippen LogP contribution is -2.55. The first-order valence-corrected chi connectivity index (χ1v) is 8.66. The van der Waals surface area contributed by atoms with Crippen LogP contribution in [0.25, 0.3) is 0 Å². The van der Waals surface area contributed by atoms with Gasteiger partial charge in [-0.05, 0) is 51.8 Å². The zero-order valence-electron chi connectivity index (χ0n) is 15.2. The monoisotopic (exact) mass is 364 g/mol. The van der Waals surface area contributed by atoms with Crippen LogP contribution in [-0.2, 0) is 14.4 Å². The van der Waals surface area contributed by atoms with E-state index in [1.54, 1.807) is 37.3 Å². The third-order valence-corrected chi connectivity index (χ3v) is 3.99. The quantitative estimate of drug-likeness (QED) is 0.445. The normalized spacial score (nSPS) is 14.2. The molecule has 0 heterocycles. The van der Waals surface area contributed by atoms with Gasteiger partial charge < -0.3 is 21.9 Å². The van der Waals surface area contributed by atoms with E-state index in [1.807, 2.05) is 0 Å². The molecule has 1 aromatic carbocycles. The highest BCUT2D eigenvalue weighted by molar-refractivity contribution is 6.03. The van der Waals surface area contributed by atoms with Gasteiger partial charge in [0.15, 0.2) is 0 Å². The largest absolute Gasteiger partial charge is 0.480 e. The molecule has 0 saturated carbocycles. The lowest BCUT2D eigenvalue weighted by atomic mass is 10.1. The minimum atomic E-state index is -1.12. The Labute approximate surface area is 153 Å².